The molecule has 0 saturated heterocycles. The van der Waals surface area contributed by atoms with Crippen molar-refractivity contribution in [3.05, 3.63) is 95.6 Å². The van der Waals surface area contributed by atoms with Crippen LogP contribution >= 0.6 is 0 Å². The quantitative estimate of drug-likeness (QED) is 0.323. The molecule has 2 amide bonds. The van der Waals surface area contributed by atoms with Crippen molar-refractivity contribution in [3.63, 3.8) is 0 Å². The van der Waals surface area contributed by atoms with Crippen molar-refractivity contribution in [3.8, 4) is 11.5 Å². The van der Waals surface area contributed by atoms with Crippen LogP contribution in [0.3, 0.4) is 0 Å². The van der Waals surface area contributed by atoms with Crippen LogP contribution in [0.5, 0.6) is 11.5 Å². The van der Waals surface area contributed by atoms with Gasteiger partial charge in [-0.1, -0.05) is 49.4 Å². The molecule has 0 bridgehead atoms. The number of rotatable bonds is 11. The molecule has 35 heavy (non-hydrogen) atoms. The van der Waals surface area contributed by atoms with Crippen molar-refractivity contribution >= 4 is 17.8 Å². The highest BCUT2D eigenvalue weighted by Crippen LogP contribution is 2.18. The van der Waals surface area contributed by atoms with E-state index in [9.17, 15) is 14.4 Å². The van der Waals surface area contributed by atoms with E-state index < -0.39 is 17.8 Å². The normalized spacial score (nSPS) is 10.2. The van der Waals surface area contributed by atoms with Gasteiger partial charge >= 0.3 is 5.97 Å². The lowest BCUT2D eigenvalue weighted by atomic mass is 10.1. The molecule has 3 aromatic carbocycles. The number of benzene rings is 3. The molecule has 3 aromatic rings. The van der Waals surface area contributed by atoms with Gasteiger partial charge in [0, 0.05) is 6.42 Å². The first kappa shape index (κ1) is 25.3. The van der Waals surface area contributed by atoms with Gasteiger partial charge in [-0.2, -0.15) is 0 Å². The first-order valence-corrected chi connectivity index (χ1v) is 11.3. The predicted molar refractivity (Wildman–Crippen MR) is 130 cm³/mol. The summed E-state index contributed by atoms with van der Waals surface area (Å²) in [5.74, 6) is -0.654. The minimum atomic E-state index is -0.549. The van der Waals surface area contributed by atoms with Crippen LogP contribution in [-0.2, 0) is 16.0 Å². The number of hydrazine groups is 1. The van der Waals surface area contributed by atoms with E-state index in [1.165, 1.54) is 0 Å². The molecule has 182 valence electrons. The van der Waals surface area contributed by atoms with Gasteiger partial charge in [-0.05, 0) is 48.4 Å². The lowest BCUT2D eigenvalue weighted by molar-refractivity contribution is -0.123. The number of amides is 2. The van der Waals surface area contributed by atoms with E-state index in [-0.39, 0.29) is 6.61 Å². The lowest BCUT2D eigenvalue weighted by Gasteiger charge is -2.13. The van der Waals surface area contributed by atoms with Gasteiger partial charge in [0.05, 0.1) is 24.3 Å². The molecular formula is C27H28N2O6. The third-order valence-electron chi connectivity index (χ3n) is 4.84. The van der Waals surface area contributed by atoms with E-state index in [4.69, 9.17) is 14.2 Å². The van der Waals surface area contributed by atoms with E-state index in [1.807, 2.05) is 37.3 Å². The van der Waals surface area contributed by atoms with E-state index in [1.54, 1.807) is 48.5 Å². The molecule has 8 nitrogen and oxygen atoms in total. The summed E-state index contributed by atoms with van der Waals surface area (Å²) in [6.07, 6.45) is 1.44. The molecule has 0 aliphatic carbocycles. The summed E-state index contributed by atoms with van der Waals surface area (Å²) in [5, 5.41) is 0. The number of ether oxygens (including phenoxy) is 3. The Hall–Kier alpha value is -4.33. The Balaban J connectivity index is 1.44. The van der Waals surface area contributed by atoms with Gasteiger partial charge in [-0.15, -0.1) is 0 Å². The number of hydrogen-bond acceptors (Lipinski definition) is 6. The fourth-order valence-corrected chi connectivity index (χ4v) is 3.05. The highest BCUT2D eigenvalue weighted by Gasteiger charge is 2.13. The van der Waals surface area contributed by atoms with Gasteiger partial charge in [-0.25, -0.2) is 4.79 Å². The molecule has 0 saturated carbocycles. The lowest BCUT2D eigenvalue weighted by Crippen LogP contribution is -2.43. The Kier molecular flexibility index (Phi) is 9.68. The molecule has 8 heteroatoms. The molecule has 0 aliphatic rings. The first-order valence-electron chi connectivity index (χ1n) is 11.3. The Bertz CT molecular complexity index is 1120. The number of hydrogen-bond donors (Lipinski definition) is 2. The van der Waals surface area contributed by atoms with Crippen LogP contribution in [0, 0.1) is 0 Å². The number of nitrogens with one attached hydrogen (secondary N) is 2. The van der Waals surface area contributed by atoms with E-state index in [0.717, 1.165) is 12.0 Å². The van der Waals surface area contributed by atoms with E-state index in [2.05, 4.69) is 10.9 Å². The zero-order valence-corrected chi connectivity index (χ0v) is 19.5. The molecular weight excluding hydrogens is 448 g/mol. The third-order valence-corrected chi connectivity index (χ3v) is 4.84. The van der Waals surface area contributed by atoms with Crippen molar-refractivity contribution in [1.29, 1.82) is 0 Å². The summed E-state index contributed by atoms with van der Waals surface area (Å²) < 4.78 is 16.3. The Labute approximate surface area is 204 Å². The first-order chi connectivity index (χ1) is 17.1. The second-order valence-electron chi connectivity index (χ2n) is 7.53. The third kappa shape index (κ3) is 8.19. The average Bonchev–Trinajstić information content (AvgIpc) is 2.90. The molecule has 0 unspecified atom stereocenters. The minimum Gasteiger partial charge on any atom is -0.492 e. The highest BCUT2D eigenvalue weighted by molar-refractivity contribution is 5.98. The van der Waals surface area contributed by atoms with Gasteiger partial charge in [0.15, 0.2) is 6.61 Å². The van der Waals surface area contributed by atoms with Crippen molar-refractivity contribution in [2.24, 2.45) is 0 Å². The Morgan fingerprint density at radius 3 is 2.23 bits per heavy atom. The zero-order chi connectivity index (χ0) is 24.9. The van der Waals surface area contributed by atoms with Crippen LogP contribution < -0.4 is 20.3 Å². The van der Waals surface area contributed by atoms with Crippen molar-refractivity contribution in [2.45, 2.75) is 19.8 Å². The molecule has 2 N–H and O–H groups in total. The van der Waals surface area contributed by atoms with Crippen molar-refractivity contribution in [1.82, 2.24) is 10.9 Å². The van der Waals surface area contributed by atoms with Gasteiger partial charge in [0.2, 0.25) is 0 Å². The number of carbonyl (C=O) groups excluding carboxylic acids is 3. The van der Waals surface area contributed by atoms with Crippen molar-refractivity contribution in [2.75, 3.05) is 19.8 Å². The van der Waals surface area contributed by atoms with Crippen LogP contribution in [0.2, 0.25) is 0 Å². The minimum absolute atomic E-state index is 0.298. The summed E-state index contributed by atoms with van der Waals surface area (Å²) in [4.78, 5) is 36.5. The van der Waals surface area contributed by atoms with E-state index >= 15 is 0 Å². The van der Waals surface area contributed by atoms with Crippen LogP contribution in [0.25, 0.3) is 0 Å². The molecule has 0 aliphatic heterocycles. The standard InChI is InChI=1S/C27H28N2O6/c1-2-17-34-27(32)21-12-14-22(15-13-21)35-19-25(30)28-29-26(31)23-10-6-7-11-24(23)33-18-16-20-8-4-3-5-9-20/h3-15H,2,16-19H2,1H3,(H,28,30)(H,29,31). The molecule has 0 spiro atoms. The maximum absolute atomic E-state index is 12.6. The molecule has 0 aromatic heterocycles. The van der Waals surface area contributed by atoms with Crippen LogP contribution in [0.4, 0.5) is 0 Å². The van der Waals surface area contributed by atoms with Crippen LogP contribution in [-0.4, -0.2) is 37.6 Å². The Morgan fingerprint density at radius 1 is 0.771 bits per heavy atom. The average molecular weight is 477 g/mol. The Morgan fingerprint density at radius 2 is 1.49 bits per heavy atom. The number of para-hydroxylation sites is 1. The van der Waals surface area contributed by atoms with Crippen molar-refractivity contribution < 1.29 is 28.6 Å². The van der Waals surface area contributed by atoms with Gasteiger partial charge in [-0.3, -0.25) is 20.4 Å². The maximum atomic E-state index is 12.6. The van der Waals surface area contributed by atoms with Crippen LogP contribution in [0.1, 0.15) is 39.6 Å². The van der Waals surface area contributed by atoms with Gasteiger partial charge in [0.1, 0.15) is 11.5 Å². The molecule has 0 radical (unpaired) electrons. The fourth-order valence-electron chi connectivity index (χ4n) is 3.05. The van der Waals surface area contributed by atoms with E-state index in [0.29, 0.717) is 42.3 Å². The summed E-state index contributed by atoms with van der Waals surface area (Å²) in [7, 11) is 0. The highest BCUT2D eigenvalue weighted by atomic mass is 16.5. The summed E-state index contributed by atoms with van der Waals surface area (Å²) in [6.45, 7) is 2.35. The monoisotopic (exact) mass is 476 g/mol. The van der Waals surface area contributed by atoms with Gasteiger partial charge < -0.3 is 14.2 Å². The second kappa shape index (κ2) is 13.4. The summed E-state index contributed by atoms with van der Waals surface area (Å²) in [6, 6.07) is 22.9. The molecule has 0 heterocycles. The molecule has 3 rings (SSSR count). The number of esters is 1. The summed E-state index contributed by atoms with van der Waals surface area (Å²) in [5.41, 5.74) is 6.51. The maximum Gasteiger partial charge on any atom is 0.338 e. The SMILES string of the molecule is CCCOC(=O)c1ccc(OCC(=O)NNC(=O)c2ccccc2OCCc2ccccc2)cc1. The van der Waals surface area contributed by atoms with Gasteiger partial charge in [0.25, 0.3) is 11.8 Å². The zero-order valence-electron chi connectivity index (χ0n) is 19.5. The molecule has 0 fully saturated rings. The molecule has 0 atom stereocenters. The van der Waals surface area contributed by atoms with Crippen LogP contribution in [0.15, 0.2) is 78.9 Å². The largest absolute Gasteiger partial charge is 0.492 e. The smallest absolute Gasteiger partial charge is 0.338 e. The predicted octanol–water partition coefficient (Wildman–Crippen LogP) is 3.71. The number of carbonyl (C=O) groups is 3. The topological polar surface area (TPSA) is 103 Å². The second-order valence-corrected chi connectivity index (χ2v) is 7.53. The fraction of sp³-hybridized carbons (Fsp3) is 0.222. The summed E-state index contributed by atoms with van der Waals surface area (Å²) >= 11 is 0.